The fourth-order valence-corrected chi connectivity index (χ4v) is 1.88. The van der Waals surface area contributed by atoms with Crippen LogP contribution in [0.5, 0.6) is 5.75 Å². The Balaban J connectivity index is 2.39. The summed E-state index contributed by atoms with van der Waals surface area (Å²) in [7, 11) is 1.59. The van der Waals surface area contributed by atoms with Gasteiger partial charge < -0.3 is 14.8 Å². The molecule has 22 heavy (non-hydrogen) atoms. The van der Waals surface area contributed by atoms with Crippen molar-refractivity contribution in [2.45, 2.75) is 39.7 Å². The first-order chi connectivity index (χ1) is 10.4. The summed E-state index contributed by atoms with van der Waals surface area (Å²) in [5.41, 5.74) is 0.846. The van der Waals surface area contributed by atoms with Crippen molar-refractivity contribution in [1.82, 2.24) is 5.32 Å². The molecular formula is C17H25NO4. The summed E-state index contributed by atoms with van der Waals surface area (Å²) in [4.78, 5) is 23.3. The van der Waals surface area contributed by atoms with E-state index in [0.29, 0.717) is 18.1 Å². The number of esters is 1. The van der Waals surface area contributed by atoms with E-state index in [4.69, 9.17) is 9.47 Å². The summed E-state index contributed by atoms with van der Waals surface area (Å²) in [6.07, 6.45) is 0.840. The molecule has 5 heteroatoms. The van der Waals surface area contributed by atoms with Crippen molar-refractivity contribution in [3.63, 3.8) is 0 Å². The third-order valence-corrected chi connectivity index (χ3v) is 3.25. The predicted molar refractivity (Wildman–Crippen MR) is 84.6 cm³/mol. The van der Waals surface area contributed by atoms with E-state index in [1.165, 1.54) is 0 Å². The number of amides is 1. The van der Waals surface area contributed by atoms with Crippen molar-refractivity contribution in [2.24, 2.45) is 5.92 Å². The molecule has 1 rings (SSSR count). The lowest BCUT2D eigenvalue weighted by Gasteiger charge is -2.15. The molecule has 1 aromatic rings. The Bertz CT molecular complexity index is 499. The van der Waals surface area contributed by atoms with Gasteiger partial charge in [-0.1, -0.05) is 26.0 Å². The minimum atomic E-state index is -0.451. The van der Waals surface area contributed by atoms with Gasteiger partial charge in [0.15, 0.2) is 0 Å². The number of carbonyl (C=O) groups excluding carboxylic acids is 2. The van der Waals surface area contributed by atoms with E-state index in [0.717, 1.165) is 12.0 Å². The van der Waals surface area contributed by atoms with Gasteiger partial charge in [-0.05, 0) is 37.0 Å². The van der Waals surface area contributed by atoms with Crippen molar-refractivity contribution < 1.29 is 19.1 Å². The first kappa shape index (κ1) is 18.0. The highest BCUT2D eigenvalue weighted by Gasteiger charge is 2.13. The third kappa shape index (κ3) is 6.61. The molecule has 0 unspecified atom stereocenters. The molecule has 0 fully saturated rings. The molecule has 5 nitrogen and oxygen atoms in total. The Morgan fingerprint density at radius 1 is 1.23 bits per heavy atom. The van der Waals surface area contributed by atoms with E-state index >= 15 is 0 Å². The smallest absolute Gasteiger partial charge is 0.326 e. The molecule has 0 heterocycles. The molecule has 0 radical (unpaired) electrons. The number of ether oxygens (including phenoxy) is 2. The van der Waals surface area contributed by atoms with E-state index in [-0.39, 0.29) is 12.5 Å². The van der Waals surface area contributed by atoms with Gasteiger partial charge in [-0.15, -0.1) is 0 Å². The lowest BCUT2D eigenvalue weighted by atomic mass is 10.1. The second kappa shape index (κ2) is 9.07. The average molecular weight is 307 g/mol. The minimum absolute atomic E-state index is 0.106. The van der Waals surface area contributed by atoms with Gasteiger partial charge in [-0.3, -0.25) is 9.59 Å². The highest BCUT2D eigenvalue weighted by Crippen LogP contribution is 2.21. The molecule has 0 aliphatic rings. The quantitative estimate of drug-likeness (QED) is 0.750. The van der Waals surface area contributed by atoms with Crippen LogP contribution in [0.4, 0.5) is 0 Å². The number of hydrogen-bond acceptors (Lipinski definition) is 4. The number of methoxy groups -OCH3 is 1. The van der Waals surface area contributed by atoms with Crippen molar-refractivity contribution in [3.05, 3.63) is 29.8 Å². The first-order valence-electron chi connectivity index (χ1n) is 7.52. The molecule has 0 saturated heterocycles. The Morgan fingerprint density at radius 2 is 1.95 bits per heavy atom. The predicted octanol–water partition coefficient (Wildman–Crippen LogP) is 2.85. The Kier molecular flexibility index (Phi) is 7.43. The molecule has 0 aliphatic carbocycles. The summed E-state index contributed by atoms with van der Waals surface area (Å²) >= 11 is 0. The highest BCUT2D eigenvalue weighted by atomic mass is 16.5. The van der Waals surface area contributed by atoms with Crippen LogP contribution in [0, 0.1) is 5.92 Å². The summed E-state index contributed by atoms with van der Waals surface area (Å²) in [6, 6.07) is 7.35. The fraction of sp³-hybridized carbons (Fsp3) is 0.529. The van der Waals surface area contributed by atoms with Gasteiger partial charge in [-0.25, -0.2) is 0 Å². The molecule has 0 bridgehead atoms. The zero-order valence-electron chi connectivity index (χ0n) is 13.7. The van der Waals surface area contributed by atoms with Crippen LogP contribution < -0.4 is 10.1 Å². The van der Waals surface area contributed by atoms with Gasteiger partial charge in [-0.2, -0.15) is 0 Å². The number of hydrogen-bond donors (Lipinski definition) is 1. The summed E-state index contributed by atoms with van der Waals surface area (Å²) in [5, 5.41) is 2.58. The van der Waals surface area contributed by atoms with Crippen molar-refractivity contribution in [2.75, 3.05) is 13.7 Å². The van der Waals surface area contributed by atoms with Crippen molar-refractivity contribution in [3.8, 4) is 5.75 Å². The van der Waals surface area contributed by atoms with Crippen LogP contribution in [0.15, 0.2) is 24.3 Å². The second-order valence-electron chi connectivity index (χ2n) is 5.62. The third-order valence-electron chi connectivity index (χ3n) is 3.25. The molecule has 1 aromatic carbocycles. The topological polar surface area (TPSA) is 64.6 Å². The maximum absolute atomic E-state index is 11.8. The van der Waals surface area contributed by atoms with Gasteiger partial charge in [0.05, 0.1) is 7.11 Å². The molecule has 122 valence electrons. The zero-order chi connectivity index (χ0) is 16.5. The van der Waals surface area contributed by atoms with Crippen LogP contribution in [0.2, 0.25) is 0 Å². The van der Waals surface area contributed by atoms with Gasteiger partial charge >= 0.3 is 5.97 Å². The Hall–Kier alpha value is -2.04. The fourth-order valence-electron chi connectivity index (χ4n) is 1.88. The normalized spacial score (nSPS) is 11.9. The molecule has 1 N–H and O–H groups in total. The van der Waals surface area contributed by atoms with Crippen LogP contribution in [-0.4, -0.2) is 25.5 Å². The lowest BCUT2D eigenvalue weighted by molar-refractivity contribution is -0.148. The molecule has 0 aromatic heterocycles. The Labute approximate surface area is 132 Å². The van der Waals surface area contributed by atoms with E-state index in [9.17, 15) is 9.59 Å². The van der Waals surface area contributed by atoms with Crippen LogP contribution >= 0.6 is 0 Å². The molecular weight excluding hydrogens is 282 g/mol. The van der Waals surface area contributed by atoms with Gasteiger partial charge in [0.25, 0.3) is 0 Å². The van der Waals surface area contributed by atoms with Gasteiger partial charge in [0.1, 0.15) is 18.4 Å². The number of nitrogens with one attached hydrogen (secondary N) is 1. The molecule has 0 saturated carbocycles. The number of benzene rings is 1. The highest BCUT2D eigenvalue weighted by molar-refractivity contribution is 5.81. The zero-order valence-corrected chi connectivity index (χ0v) is 13.7. The van der Waals surface area contributed by atoms with Crippen LogP contribution in [0.1, 0.15) is 45.3 Å². The molecule has 0 spiro atoms. The number of carbonyl (C=O) groups is 2. The largest absolute Gasteiger partial charge is 0.497 e. The van der Waals surface area contributed by atoms with E-state index in [1.807, 2.05) is 24.3 Å². The SMILES string of the molecule is COc1cccc([C@@H](C)OC(=O)CNC(=O)CCC(C)C)c1. The molecule has 0 aliphatic heterocycles. The first-order valence-corrected chi connectivity index (χ1v) is 7.52. The van der Waals surface area contributed by atoms with Crippen LogP contribution in [0.25, 0.3) is 0 Å². The maximum atomic E-state index is 11.8. The monoisotopic (exact) mass is 307 g/mol. The van der Waals surface area contributed by atoms with Crippen LogP contribution in [0.3, 0.4) is 0 Å². The van der Waals surface area contributed by atoms with Crippen molar-refractivity contribution in [1.29, 1.82) is 0 Å². The molecule has 1 amide bonds. The maximum Gasteiger partial charge on any atom is 0.326 e. The standard InChI is InChI=1S/C17H25NO4/c1-12(2)8-9-16(19)18-11-17(20)22-13(3)14-6-5-7-15(10-14)21-4/h5-7,10,12-13H,8-9,11H2,1-4H3,(H,18,19)/t13-/m1/s1. The van der Waals surface area contributed by atoms with E-state index in [1.54, 1.807) is 14.0 Å². The van der Waals surface area contributed by atoms with E-state index < -0.39 is 12.1 Å². The number of rotatable bonds is 8. The molecule has 1 atom stereocenters. The Morgan fingerprint density at radius 3 is 2.59 bits per heavy atom. The average Bonchev–Trinajstić information content (AvgIpc) is 2.50. The van der Waals surface area contributed by atoms with Crippen LogP contribution in [-0.2, 0) is 14.3 Å². The summed E-state index contributed by atoms with van der Waals surface area (Å²) < 4.78 is 10.4. The summed E-state index contributed by atoms with van der Waals surface area (Å²) in [5.74, 6) is 0.598. The van der Waals surface area contributed by atoms with E-state index in [2.05, 4.69) is 19.2 Å². The lowest BCUT2D eigenvalue weighted by Crippen LogP contribution is -2.31. The van der Waals surface area contributed by atoms with Crippen molar-refractivity contribution >= 4 is 11.9 Å². The van der Waals surface area contributed by atoms with Gasteiger partial charge in [0, 0.05) is 6.42 Å². The minimum Gasteiger partial charge on any atom is -0.497 e. The van der Waals surface area contributed by atoms with Gasteiger partial charge in [0.2, 0.25) is 5.91 Å². The summed E-state index contributed by atoms with van der Waals surface area (Å²) in [6.45, 7) is 5.78. The second-order valence-corrected chi connectivity index (χ2v) is 5.62.